The van der Waals surface area contributed by atoms with E-state index in [4.69, 9.17) is 9.47 Å². The van der Waals surface area contributed by atoms with Crippen LogP contribution in [0.25, 0.3) is 0 Å². The zero-order valence-electron chi connectivity index (χ0n) is 23.0. The minimum absolute atomic E-state index is 0.00238. The van der Waals surface area contributed by atoms with Gasteiger partial charge in [0.25, 0.3) is 0 Å². The van der Waals surface area contributed by atoms with E-state index in [1.165, 1.54) is 19.1 Å². The van der Waals surface area contributed by atoms with E-state index < -0.39 is 76.1 Å². The van der Waals surface area contributed by atoms with Gasteiger partial charge in [0, 0.05) is 22.7 Å². The minimum atomic E-state index is -2.35. The number of ether oxygens (including phenoxy) is 2. The highest BCUT2D eigenvalue weighted by Gasteiger charge is 2.78. The lowest BCUT2D eigenvalue weighted by Crippen LogP contribution is -2.71. The maximum Gasteiger partial charge on any atom is 0.509 e. The Hall–Kier alpha value is -2.29. The Morgan fingerprint density at radius 2 is 1.87 bits per heavy atom. The van der Waals surface area contributed by atoms with Crippen molar-refractivity contribution < 1.29 is 42.9 Å². The molecule has 9 heteroatoms. The van der Waals surface area contributed by atoms with Crippen molar-refractivity contribution in [3.63, 3.8) is 0 Å². The maximum absolute atomic E-state index is 17.3. The number of carboxylic acids is 1. The van der Waals surface area contributed by atoms with E-state index in [2.05, 4.69) is 0 Å². The zero-order chi connectivity index (χ0) is 28.4. The Morgan fingerprint density at radius 1 is 1.21 bits per heavy atom. The molecule has 1 unspecified atom stereocenters. The van der Waals surface area contributed by atoms with Gasteiger partial charge in [-0.2, -0.15) is 0 Å². The third kappa shape index (κ3) is 3.70. The van der Waals surface area contributed by atoms with Gasteiger partial charge in [-0.3, -0.25) is 4.79 Å². The molecular formula is C29H40F2O7. The number of hydrogen-bond donors (Lipinski definition) is 2. The molecule has 0 amide bonds. The molecule has 0 bridgehead atoms. The van der Waals surface area contributed by atoms with Crippen LogP contribution in [0.5, 0.6) is 0 Å². The number of allylic oxidation sites excluding steroid dienone is 4. The normalized spacial score (nSPS) is 44.5. The first-order chi connectivity index (χ1) is 17.6. The summed E-state index contributed by atoms with van der Waals surface area (Å²) in [4.78, 5) is 38.0. The van der Waals surface area contributed by atoms with Gasteiger partial charge in [-0.15, -0.1) is 0 Å². The maximum atomic E-state index is 17.3. The summed E-state index contributed by atoms with van der Waals surface area (Å²) in [5.74, 6) is -4.39. The number of aliphatic hydroxyl groups is 1. The fourth-order valence-corrected chi connectivity index (χ4v) is 8.33. The van der Waals surface area contributed by atoms with Crippen molar-refractivity contribution in [3.8, 4) is 0 Å². The minimum Gasteiger partial charge on any atom is -0.478 e. The summed E-state index contributed by atoms with van der Waals surface area (Å²) in [5, 5.41) is 22.0. The van der Waals surface area contributed by atoms with Crippen molar-refractivity contribution >= 4 is 17.9 Å². The third-order valence-corrected chi connectivity index (χ3v) is 10.3. The van der Waals surface area contributed by atoms with Gasteiger partial charge in [-0.05, 0) is 62.2 Å². The summed E-state index contributed by atoms with van der Waals surface area (Å²) in [6.07, 6.45) is -0.408. The average Bonchev–Trinajstić information content (AvgIpc) is 3.04. The number of hydrogen-bond acceptors (Lipinski definition) is 6. The number of carbonyl (C=O) groups is 3. The SMILES string of the molecule is CCCC(OC(=O)O[C@]1(C(=O)O)[C@H](C)C[C@H]2[C@@H]3C[C@H](F)C4=CC(=O)C=C[C@]4(C)[C@@]3(F)[C@@H](O)C[C@@]21C)C(C)C. The molecule has 212 valence electrons. The van der Waals surface area contributed by atoms with Crippen molar-refractivity contribution in [2.45, 2.75) is 103 Å². The average molecular weight is 539 g/mol. The predicted octanol–water partition coefficient (Wildman–Crippen LogP) is 5.35. The number of aliphatic hydroxyl groups excluding tert-OH is 1. The second-order valence-corrected chi connectivity index (χ2v) is 12.6. The van der Waals surface area contributed by atoms with E-state index in [9.17, 15) is 24.6 Å². The predicted molar refractivity (Wildman–Crippen MR) is 135 cm³/mol. The molecule has 4 aliphatic rings. The highest BCUT2D eigenvalue weighted by molar-refractivity contribution is 6.01. The molecule has 3 saturated carbocycles. The number of carbonyl (C=O) groups excluding carboxylic acids is 2. The molecule has 0 aliphatic heterocycles. The first-order valence-electron chi connectivity index (χ1n) is 13.7. The van der Waals surface area contributed by atoms with Crippen LogP contribution < -0.4 is 0 Å². The Bertz CT molecular complexity index is 1070. The Kier molecular flexibility index (Phi) is 7.12. The standard InChI is InChI=1S/C29H40F2O7/c1-7-8-22(15(2)3)37-25(36)38-29(24(34)35)16(4)11-18-19-13-21(30)20-12-17(32)9-10-26(20,5)28(19,31)23(33)14-27(18,29)6/h9-10,12,15-16,18-19,21-23,33H,7-8,11,13-14H2,1-6H3,(H,34,35)/t16-,18+,19+,21+,22?,23+,26+,27+,28+,29+/m1/s1. The first kappa shape index (κ1) is 28.7. The van der Waals surface area contributed by atoms with Gasteiger partial charge in [-0.1, -0.05) is 47.1 Å². The largest absolute Gasteiger partial charge is 0.509 e. The summed E-state index contributed by atoms with van der Waals surface area (Å²) < 4.78 is 44.2. The topological polar surface area (TPSA) is 110 Å². The number of ketones is 1. The molecule has 3 fully saturated rings. The second-order valence-electron chi connectivity index (χ2n) is 12.6. The molecule has 0 aromatic rings. The lowest BCUT2D eigenvalue weighted by molar-refractivity contribution is -0.232. The lowest BCUT2D eigenvalue weighted by Gasteiger charge is -2.62. The van der Waals surface area contributed by atoms with Gasteiger partial charge >= 0.3 is 12.1 Å². The van der Waals surface area contributed by atoms with Crippen molar-refractivity contribution in [1.29, 1.82) is 0 Å². The third-order valence-electron chi connectivity index (χ3n) is 10.3. The van der Waals surface area contributed by atoms with E-state index in [1.807, 2.05) is 20.8 Å². The zero-order valence-corrected chi connectivity index (χ0v) is 23.0. The smallest absolute Gasteiger partial charge is 0.478 e. The van der Waals surface area contributed by atoms with Crippen LogP contribution >= 0.6 is 0 Å². The van der Waals surface area contributed by atoms with Crippen LogP contribution in [0.1, 0.15) is 73.6 Å². The molecule has 0 aromatic heterocycles. The fraction of sp³-hybridized carbons (Fsp3) is 0.759. The van der Waals surface area contributed by atoms with Gasteiger partial charge in [0.15, 0.2) is 11.5 Å². The molecule has 0 radical (unpaired) electrons. The number of carboxylic acid groups (broad SMARTS) is 1. The number of fused-ring (bicyclic) bond motifs is 5. The molecule has 0 aromatic carbocycles. The van der Waals surface area contributed by atoms with E-state index in [-0.39, 0.29) is 30.8 Å². The summed E-state index contributed by atoms with van der Waals surface area (Å²) >= 11 is 0. The second kappa shape index (κ2) is 9.42. The molecule has 0 saturated heterocycles. The molecular weight excluding hydrogens is 498 g/mol. The monoisotopic (exact) mass is 538 g/mol. The van der Waals surface area contributed by atoms with E-state index in [0.29, 0.717) is 6.42 Å². The molecule has 10 atom stereocenters. The summed E-state index contributed by atoms with van der Waals surface area (Å²) in [7, 11) is 0. The molecule has 38 heavy (non-hydrogen) atoms. The van der Waals surface area contributed by atoms with Crippen molar-refractivity contribution in [1.82, 2.24) is 0 Å². The molecule has 4 rings (SSSR count). The lowest BCUT2D eigenvalue weighted by atomic mass is 9.44. The van der Waals surface area contributed by atoms with Crippen molar-refractivity contribution in [2.75, 3.05) is 0 Å². The summed E-state index contributed by atoms with van der Waals surface area (Å²) in [5.41, 5.74) is -7.43. The van der Waals surface area contributed by atoms with Crippen LogP contribution in [0.15, 0.2) is 23.8 Å². The molecule has 7 nitrogen and oxygen atoms in total. The van der Waals surface area contributed by atoms with Crippen LogP contribution in [0.4, 0.5) is 13.6 Å². The van der Waals surface area contributed by atoms with E-state index in [0.717, 1.165) is 12.5 Å². The van der Waals surface area contributed by atoms with Crippen LogP contribution in [0.3, 0.4) is 0 Å². The van der Waals surface area contributed by atoms with Crippen LogP contribution in [0.2, 0.25) is 0 Å². The summed E-state index contributed by atoms with van der Waals surface area (Å²) in [6.45, 7) is 10.4. The number of alkyl halides is 2. The highest BCUT2D eigenvalue weighted by Crippen LogP contribution is 2.71. The Labute approximate surface area is 222 Å². The number of rotatable bonds is 6. The van der Waals surface area contributed by atoms with Crippen LogP contribution in [-0.2, 0) is 19.1 Å². The van der Waals surface area contributed by atoms with Gasteiger partial charge in [0.2, 0.25) is 5.60 Å². The van der Waals surface area contributed by atoms with Gasteiger partial charge in [-0.25, -0.2) is 18.4 Å². The van der Waals surface area contributed by atoms with Gasteiger partial charge in [0.1, 0.15) is 12.3 Å². The fourth-order valence-electron chi connectivity index (χ4n) is 8.33. The Morgan fingerprint density at radius 3 is 2.45 bits per heavy atom. The molecule has 2 N–H and O–H groups in total. The van der Waals surface area contributed by atoms with Gasteiger partial charge in [0.05, 0.1) is 6.10 Å². The van der Waals surface area contributed by atoms with Gasteiger partial charge < -0.3 is 19.7 Å². The summed E-state index contributed by atoms with van der Waals surface area (Å²) in [6, 6.07) is 0. The Balaban J connectivity index is 1.75. The highest BCUT2D eigenvalue weighted by atomic mass is 19.1. The van der Waals surface area contributed by atoms with E-state index in [1.54, 1.807) is 13.8 Å². The quantitative estimate of drug-likeness (QED) is 0.439. The molecule has 4 aliphatic carbocycles. The van der Waals surface area contributed by atoms with Crippen molar-refractivity contribution in [3.05, 3.63) is 23.8 Å². The number of aliphatic carboxylic acids is 1. The molecule has 0 spiro atoms. The van der Waals surface area contributed by atoms with Crippen LogP contribution in [-0.4, -0.2) is 57.8 Å². The first-order valence-corrected chi connectivity index (χ1v) is 13.7. The molecule has 0 heterocycles. The van der Waals surface area contributed by atoms with Crippen LogP contribution in [0, 0.1) is 34.5 Å². The number of halogens is 2. The van der Waals surface area contributed by atoms with E-state index >= 15 is 8.78 Å². The van der Waals surface area contributed by atoms with Crippen molar-refractivity contribution in [2.24, 2.45) is 34.5 Å².